The van der Waals surface area contributed by atoms with E-state index in [-0.39, 0.29) is 11.8 Å². The van der Waals surface area contributed by atoms with Crippen molar-refractivity contribution in [2.45, 2.75) is 19.8 Å². The zero-order valence-corrected chi connectivity index (χ0v) is 16.7. The fraction of sp³-hybridized carbons (Fsp3) is 0.211. The van der Waals surface area contributed by atoms with Crippen LogP contribution in [0.15, 0.2) is 46.7 Å². The van der Waals surface area contributed by atoms with Crippen molar-refractivity contribution in [3.63, 3.8) is 0 Å². The van der Waals surface area contributed by atoms with Crippen LogP contribution in [0.25, 0.3) is 6.08 Å². The van der Waals surface area contributed by atoms with Crippen LogP contribution in [0, 0.1) is 6.92 Å². The summed E-state index contributed by atoms with van der Waals surface area (Å²) in [7, 11) is 0. The summed E-state index contributed by atoms with van der Waals surface area (Å²) in [6.07, 6.45) is 2.78. The SMILES string of the molecule is Cc1cccc(NC(=O)CCCN2C(=O)C(=Cc3cccs3)SC2=S)c1. The van der Waals surface area contributed by atoms with E-state index >= 15 is 0 Å². The molecule has 134 valence electrons. The molecule has 0 unspecified atom stereocenters. The van der Waals surface area contributed by atoms with Crippen molar-refractivity contribution in [3.8, 4) is 0 Å². The molecule has 1 saturated heterocycles. The molecule has 1 aromatic heterocycles. The van der Waals surface area contributed by atoms with E-state index in [2.05, 4.69) is 5.32 Å². The third-order valence-corrected chi connectivity index (χ3v) is 5.97. The fourth-order valence-electron chi connectivity index (χ4n) is 2.54. The summed E-state index contributed by atoms with van der Waals surface area (Å²) in [5.41, 5.74) is 1.89. The molecule has 0 spiro atoms. The Morgan fingerprint density at radius 3 is 2.88 bits per heavy atom. The molecule has 1 aliphatic rings. The van der Waals surface area contributed by atoms with Crippen molar-refractivity contribution >= 4 is 63.2 Å². The van der Waals surface area contributed by atoms with Crippen LogP contribution in [-0.4, -0.2) is 27.6 Å². The molecular weight excluding hydrogens is 384 g/mol. The number of benzene rings is 1. The van der Waals surface area contributed by atoms with Gasteiger partial charge in [0.2, 0.25) is 5.91 Å². The lowest BCUT2D eigenvalue weighted by Crippen LogP contribution is -2.29. The highest BCUT2D eigenvalue weighted by Gasteiger charge is 2.31. The summed E-state index contributed by atoms with van der Waals surface area (Å²) in [5.74, 6) is -0.136. The minimum Gasteiger partial charge on any atom is -0.326 e. The Morgan fingerprint density at radius 1 is 1.31 bits per heavy atom. The van der Waals surface area contributed by atoms with Crippen LogP contribution in [0.3, 0.4) is 0 Å². The van der Waals surface area contributed by atoms with Gasteiger partial charge in [-0.25, -0.2) is 0 Å². The van der Waals surface area contributed by atoms with E-state index in [4.69, 9.17) is 12.2 Å². The van der Waals surface area contributed by atoms with E-state index in [1.165, 1.54) is 11.8 Å². The van der Waals surface area contributed by atoms with Gasteiger partial charge in [-0.1, -0.05) is 42.2 Å². The van der Waals surface area contributed by atoms with Crippen LogP contribution in [0.4, 0.5) is 5.69 Å². The Hall–Kier alpha value is -1.96. The maximum Gasteiger partial charge on any atom is 0.266 e. The van der Waals surface area contributed by atoms with Gasteiger partial charge >= 0.3 is 0 Å². The molecule has 1 fully saturated rings. The molecule has 4 nitrogen and oxygen atoms in total. The third-order valence-electron chi connectivity index (χ3n) is 3.78. The third kappa shape index (κ3) is 4.81. The molecule has 3 rings (SSSR count). The molecule has 7 heteroatoms. The van der Waals surface area contributed by atoms with Crippen LogP contribution in [-0.2, 0) is 9.59 Å². The highest BCUT2D eigenvalue weighted by Crippen LogP contribution is 2.33. The second kappa shape index (κ2) is 8.62. The zero-order valence-electron chi connectivity index (χ0n) is 14.2. The molecule has 0 saturated carbocycles. The number of thioether (sulfide) groups is 1. The Labute approximate surface area is 166 Å². The molecule has 0 atom stereocenters. The summed E-state index contributed by atoms with van der Waals surface area (Å²) in [6, 6.07) is 11.6. The Kier molecular flexibility index (Phi) is 6.24. The molecular formula is C19H18N2O2S3. The molecule has 0 aliphatic carbocycles. The van der Waals surface area contributed by atoms with Crippen LogP contribution >= 0.6 is 35.3 Å². The van der Waals surface area contributed by atoms with Crippen LogP contribution in [0.1, 0.15) is 23.3 Å². The minimum absolute atomic E-state index is 0.0600. The largest absolute Gasteiger partial charge is 0.326 e. The maximum absolute atomic E-state index is 12.5. The summed E-state index contributed by atoms with van der Waals surface area (Å²) >= 11 is 8.22. The van der Waals surface area contributed by atoms with Crippen molar-refractivity contribution in [1.82, 2.24) is 4.90 Å². The monoisotopic (exact) mass is 402 g/mol. The highest BCUT2D eigenvalue weighted by atomic mass is 32.2. The molecule has 0 radical (unpaired) electrons. The van der Waals surface area contributed by atoms with E-state index in [0.717, 1.165) is 16.1 Å². The first-order valence-electron chi connectivity index (χ1n) is 8.18. The van der Waals surface area contributed by atoms with Gasteiger partial charge in [-0.05, 0) is 48.6 Å². The van der Waals surface area contributed by atoms with Gasteiger partial charge in [0.05, 0.1) is 4.91 Å². The number of carbonyl (C=O) groups is 2. The zero-order chi connectivity index (χ0) is 18.5. The maximum atomic E-state index is 12.5. The van der Waals surface area contributed by atoms with Gasteiger partial charge in [-0.15, -0.1) is 11.3 Å². The lowest BCUT2D eigenvalue weighted by molar-refractivity contribution is -0.122. The van der Waals surface area contributed by atoms with Gasteiger partial charge in [0.25, 0.3) is 5.91 Å². The lowest BCUT2D eigenvalue weighted by Gasteiger charge is -2.14. The first-order chi connectivity index (χ1) is 12.5. The average molecular weight is 403 g/mol. The number of thiophene rings is 1. The predicted molar refractivity (Wildman–Crippen MR) is 113 cm³/mol. The van der Waals surface area contributed by atoms with E-state index in [0.29, 0.717) is 28.6 Å². The summed E-state index contributed by atoms with van der Waals surface area (Å²) in [6.45, 7) is 2.43. The quantitative estimate of drug-likeness (QED) is 0.563. The van der Waals surface area contributed by atoms with Gasteiger partial charge in [0.15, 0.2) is 0 Å². The van der Waals surface area contributed by atoms with Crippen LogP contribution in [0.2, 0.25) is 0 Å². The topological polar surface area (TPSA) is 49.4 Å². The van der Waals surface area contributed by atoms with Crippen molar-refractivity contribution in [1.29, 1.82) is 0 Å². The van der Waals surface area contributed by atoms with E-state index in [1.807, 2.05) is 54.8 Å². The molecule has 2 amide bonds. The van der Waals surface area contributed by atoms with Crippen molar-refractivity contribution in [3.05, 3.63) is 57.1 Å². The van der Waals surface area contributed by atoms with Crippen molar-refractivity contribution in [2.24, 2.45) is 0 Å². The molecule has 0 bridgehead atoms. The summed E-state index contributed by atoms with van der Waals surface area (Å²) in [4.78, 5) is 27.8. The Morgan fingerprint density at radius 2 is 2.15 bits per heavy atom. The molecule has 26 heavy (non-hydrogen) atoms. The number of aryl methyl sites for hydroxylation is 1. The van der Waals surface area contributed by atoms with Crippen molar-refractivity contribution in [2.75, 3.05) is 11.9 Å². The second-order valence-corrected chi connectivity index (χ2v) is 8.53. The number of nitrogens with one attached hydrogen (secondary N) is 1. The first-order valence-corrected chi connectivity index (χ1v) is 10.3. The van der Waals surface area contributed by atoms with Crippen molar-refractivity contribution < 1.29 is 9.59 Å². The highest BCUT2D eigenvalue weighted by molar-refractivity contribution is 8.26. The normalized spacial score (nSPS) is 15.7. The predicted octanol–water partition coefficient (Wildman–Crippen LogP) is 4.68. The van der Waals surface area contributed by atoms with Gasteiger partial charge in [0, 0.05) is 23.5 Å². The fourth-order valence-corrected chi connectivity index (χ4v) is 4.57. The van der Waals surface area contributed by atoms with Gasteiger partial charge in [0.1, 0.15) is 4.32 Å². The molecule has 1 aliphatic heterocycles. The summed E-state index contributed by atoms with van der Waals surface area (Å²) < 4.78 is 0.553. The number of anilines is 1. The first kappa shape index (κ1) is 18.8. The number of hydrogen-bond acceptors (Lipinski definition) is 5. The van der Waals surface area contributed by atoms with E-state index < -0.39 is 0 Å². The van der Waals surface area contributed by atoms with E-state index in [9.17, 15) is 9.59 Å². The number of amides is 2. The number of nitrogens with zero attached hydrogens (tertiary/aromatic N) is 1. The van der Waals surface area contributed by atoms with Crippen LogP contribution in [0.5, 0.6) is 0 Å². The van der Waals surface area contributed by atoms with Crippen LogP contribution < -0.4 is 5.32 Å². The molecule has 2 heterocycles. The molecule has 1 aromatic carbocycles. The second-order valence-electron chi connectivity index (χ2n) is 5.87. The van der Waals surface area contributed by atoms with E-state index in [1.54, 1.807) is 16.2 Å². The molecule has 2 aromatic rings. The standard InChI is InChI=1S/C19H18N2O2S3/c1-13-5-2-6-14(11-13)20-17(22)8-3-9-21-18(23)16(26-19(21)24)12-15-7-4-10-25-15/h2,4-7,10-12H,3,8-9H2,1H3,(H,20,22). The molecule has 1 N–H and O–H groups in total. The van der Waals surface area contributed by atoms with Gasteiger partial charge in [-0.2, -0.15) is 0 Å². The lowest BCUT2D eigenvalue weighted by atomic mass is 10.2. The number of carbonyl (C=O) groups excluding carboxylic acids is 2. The number of rotatable bonds is 6. The Balaban J connectivity index is 1.51. The number of thiocarbonyl (C=S) groups is 1. The number of hydrogen-bond donors (Lipinski definition) is 1. The smallest absolute Gasteiger partial charge is 0.266 e. The summed E-state index contributed by atoms with van der Waals surface area (Å²) in [5, 5.41) is 4.85. The minimum atomic E-state index is -0.0764. The average Bonchev–Trinajstić information content (AvgIpc) is 3.19. The van der Waals surface area contributed by atoms with Gasteiger partial charge in [-0.3, -0.25) is 14.5 Å². The van der Waals surface area contributed by atoms with Gasteiger partial charge < -0.3 is 5.32 Å². The Bertz CT molecular complexity index is 859.